The van der Waals surface area contributed by atoms with E-state index in [1.165, 1.54) is 0 Å². The van der Waals surface area contributed by atoms with Crippen LogP contribution in [0.2, 0.25) is 0 Å². The third-order valence-corrected chi connectivity index (χ3v) is 8.13. The quantitative estimate of drug-likeness (QED) is 0.542. The van der Waals surface area contributed by atoms with E-state index in [-0.39, 0.29) is 31.0 Å². The average Bonchev–Trinajstić information content (AvgIpc) is 2.97. The number of carbonyl (C=O) groups is 3. The molecule has 4 rings (SSSR count). The van der Waals surface area contributed by atoms with Crippen LogP contribution in [-0.4, -0.2) is 46.1 Å². The van der Waals surface area contributed by atoms with E-state index in [4.69, 9.17) is 4.74 Å². The average molecular weight is 414 g/mol. The van der Waals surface area contributed by atoms with Crippen molar-refractivity contribution in [1.29, 1.82) is 0 Å². The van der Waals surface area contributed by atoms with Crippen LogP contribution in [0.5, 0.6) is 0 Å². The van der Waals surface area contributed by atoms with Crippen molar-refractivity contribution in [3.8, 4) is 0 Å². The molecule has 0 aromatic rings. The number of fused-ring (bicyclic) bond motifs is 4. The monoisotopic (exact) mass is 414 g/mol. The maximum Gasteiger partial charge on any atom is 0.305 e. The molecule has 0 radical (unpaired) electrons. The van der Waals surface area contributed by atoms with Gasteiger partial charge >= 0.3 is 5.97 Å². The number of esters is 1. The van der Waals surface area contributed by atoms with Gasteiger partial charge in [-0.2, -0.15) is 0 Å². The van der Waals surface area contributed by atoms with E-state index in [9.17, 15) is 24.6 Å². The highest BCUT2D eigenvalue weighted by atomic mass is 16.5. The fourth-order valence-corrected chi connectivity index (χ4v) is 6.42. The van der Waals surface area contributed by atoms with Crippen molar-refractivity contribution >= 4 is 17.5 Å². The number of aliphatic hydroxyl groups excluding tert-OH is 1. The third kappa shape index (κ3) is 2.80. The van der Waals surface area contributed by atoms with Gasteiger partial charge in [0.15, 0.2) is 12.4 Å². The molecular weight excluding hydrogens is 384 g/mol. The van der Waals surface area contributed by atoms with Crippen molar-refractivity contribution in [2.24, 2.45) is 16.7 Å². The summed E-state index contributed by atoms with van der Waals surface area (Å²) in [5, 5.41) is 22.7. The summed E-state index contributed by atoms with van der Waals surface area (Å²) in [6.45, 7) is 5.13. The van der Waals surface area contributed by atoms with Gasteiger partial charge in [0.05, 0.1) is 6.10 Å². The first-order valence-corrected chi connectivity index (χ1v) is 10.8. The van der Waals surface area contributed by atoms with Crippen LogP contribution in [0.25, 0.3) is 0 Å². The normalized spacial score (nSPS) is 39.8. The molecule has 1 fully saturated rings. The van der Waals surface area contributed by atoms with Crippen molar-refractivity contribution in [3.05, 3.63) is 34.9 Å². The van der Waals surface area contributed by atoms with Crippen LogP contribution in [0.1, 0.15) is 59.3 Å². The minimum absolute atomic E-state index is 0.0240. The summed E-state index contributed by atoms with van der Waals surface area (Å²) >= 11 is 0. The van der Waals surface area contributed by atoms with Gasteiger partial charge in [0.1, 0.15) is 5.60 Å². The number of Topliss-reactive ketones (excluding diaryl/α,β-unsaturated/α-hetero) is 1. The summed E-state index contributed by atoms with van der Waals surface area (Å²) in [4.78, 5) is 36.3. The highest BCUT2D eigenvalue weighted by molar-refractivity contribution is 6.01. The summed E-state index contributed by atoms with van der Waals surface area (Å²) in [6, 6.07) is 0. The second kappa shape index (κ2) is 6.99. The summed E-state index contributed by atoms with van der Waals surface area (Å²) in [5.74, 6) is -1.02. The number of allylic oxidation sites excluding steroid dienone is 5. The highest BCUT2D eigenvalue weighted by Crippen LogP contribution is 2.64. The van der Waals surface area contributed by atoms with Gasteiger partial charge in [-0.15, -0.1) is 0 Å². The van der Waals surface area contributed by atoms with Crippen molar-refractivity contribution < 1.29 is 29.3 Å². The molecule has 0 amide bonds. The van der Waals surface area contributed by atoms with Crippen molar-refractivity contribution in [2.45, 2.75) is 71.0 Å². The number of rotatable bonds is 4. The predicted octanol–water partition coefficient (Wildman–Crippen LogP) is 2.58. The molecule has 162 valence electrons. The van der Waals surface area contributed by atoms with E-state index < -0.39 is 40.9 Å². The second-order valence-electron chi connectivity index (χ2n) is 9.57. The highest BCUT2D eigenvalue weighted by Gasteiger charge is 2.65. The zero-order chi connectivity index (χ0) is 21.9. The summed E-state index contributed by atoms with van der Waals surface area (Å²) in [6.07, 6.45) is 7.12. The number of ether oxygens (including phenoxy) is 1. The number of hydrogen-bond acceptors (Lipinski definition) is 6. The fourth-order valence-electron chi connectivity index (χ4n) is 6.42. The molecule has 6 nitrogen and oxygen atoms in total. The van der Waals surface area contributed by atoms with E-state index in [0.29, 0.717) is 12.8 Å². The summed E-state index contributed by atoms with van der Waals surface area (Å²) < 4.78 is 5.01. The van der Waals surface area contributed by atoms with Gasteiger partial charge in [0, 0.05) is 17.3 Å². The predicted molar refractivity (Wildman–Crippen MR) is 109 cm³/mol. The standard InChI is InChI=1S/C24H30O6/c1-4-20(28)30-13-19(27)24(29)10-8-17-16-6-5-14-11-15(25)7-9-22(14,2)21(16)18(26)12-23(17,24)3/h7,9,11,17-18,26,29H,4-6,8,10,12-13H2,1-3H3/t17-,18-,22-,23-,24-/m0/s1. The third-order valence-electron chi connectivity index (χ3n) is 8.13. The lowest BCUT2D eigenvalue weighted by Gasteiger charge is -2.53. The van der Waals surface area contributed by atoms with Gasteiger partial charge in [-0.05, 0) is 62.7 Å². The molecule has 0 bridgehead atoms. The van der Waals surface area contributed by atoms with Crippen molar-refractivity contribution in [1.82, 2.24) is 0 Å². The van der Waals surface area contributed by atoms with E-state index >= 15 is 0 Å². The van der Waals surface area contributed by atoms with Crippen LogP contribution in [-0.2, 0) is 19.1 Å². The van der Waals surface area contributed by atoms with E-state index in [0.717, 1.165) is 23.1 Å². The van der Waals surface area contributed by atoms with E-state index in [1.807, 2.05) is 19.9 Å². The first kappa shape index (κ1) is 21.2. The molecule has 0 aromatic carbocycles. The lowest BCUT2D eigenvalue weighted by molar-refractivity contribution is -0.164. The van der Waals surface area contributed by atoms with Gasteiger partial charge in [-0.25, -0.2) is 0 Å². The zero-order valence-corrected chi connectivity index (χ0v) is 17.9. The largest absolute Gasteiger partial charge is 0.458 e. The van der Waals surface area contributed by atoms with Crippen LogP contribution < -0.4 is 0 Å². The van der Waals surface area contributed by atoms with Crippen LogP contribution in [0.4, 0.5) is 0 Å². The Balaban J connectivity index is 1.70. The van der Waals surface area contributed by atoms with Crippen LogP contribution in [0.15, 0.2) is 34.9 Å². The lowest BCUT2D eigenvalue weighted by Crippen LogP contribution is -2.57. The smallest absolute Gasteiger partial charge is 0.305 e. The molecule has 2 N–H and O–H groups in total. The van der Waals surface area contributed by atoms with Gasteiger partial charge in [0.25, 0.3) is 0 Å². The number of hydrogen-bond donors (Lipinski definition) is 2. The lowest BCUT2D eigenvalue weighted by atomic mass is 9.53. The van der Waals surface area contributed by atoms with Gasteiger partial charge in [-0.1, -0.05) is 31.1 Å². The molecule has 30 heavy (non-hydrogen) atoms. The first-order chi connectivity index (χ1) is 14.1. The number of carbonyl (C=O) groups excluding carboxylic acids is 3. The topological polar surface area (TPSA) is 101 Å². The molecule has 0 aliphatic heterocycles. The Kier molecular flexibility index (Phi) is 4.94. The van der Waals surface area contributed by atoms with Crippen LogP contribution in [0, 0.1) is 16.7 Å². The Bertz CT molecular complexity index is 911. The SMILES string of the molecule is CCC(=O)OCC(=O)[C@@]1(O)CC[C@H]2C3=C([C@@H](O)C[C@@]21C)[C@@]1(C)C=CC(=O)C=C1CC3. The van der Waals surface area contributed by atoms with Gasteiger partial charge in [0.2, 0.25) is 5.78 Å². The molecule has 0 heterocycles. The Morgan fingerprint density at radius 3 is 2.70 bits per heavy atom. The minimum atomic E-state index is -1.64. The number of aliphatic hydroxyl groups is 2. The molecule has 0 saturated heterocycles. The molecule has 0 aromatic heterocycles. The van der Waals surface area contributed by atoms with Crippen molar-refractivity contribution in [2.75, 3.05) is 6.61 Å². The maximum atomic E-state index is 13.0. The minimum Gasteiger partial charge on any atom is -0.458 e. The van der Waals surface area contributed by atoms with E-state index in [1.54, 1.807) is 19.1 Å². The van der Waals surface area contributed by atoms with Crippen molar-refractivity contribution in [3.63, 3.8) is 0 Å². The first-order valence-electron chi connectivity index (χ1n) is 10.8. The Morgan fingerprint density at radius 1 is 1.27 bits per heavy atom. The Labute approximate surface area is 176 Å². The van der Waals surface area contributed by atoms with E-state index in [2.05, 4.69) is 0 Å². The van der Waals surface area contributed by atoms with Crippen LogP contribution >= 0.6 is 0 Å². The molecule has 1 saturated carbocycles. The van der Waals surface area contributed by atoms with Crippen LogP contribution in [0.3, 0.4) is 0 Å². The van der Waals surface area contributed by atoms with Gasteiger partial charge < -0.3 is 14.9 Å². The Hall–Kier alpha value is -2.05. The molecule has 4 aliphatic rings. The molecule has 6 heteroatoms. The zero-order valence-electron chi connectivity index (χ0n) is 17.9. The molecule has 0 spiro atoms. The summed E-state index contributed by atoms with van der Waals surface area (Å²) in [5.41, 5.74) is 0.105. The second-order valence-corrected chi connectivity index (χ2v) is 9.57. The Morgan fingerprint density at radius 2 is 2.00 bits per heavy atom. The molecule has 4 aliphatic carbocycles. The summed E-state index contributed by atoms with van der Waals surface area (Å²) in [7, 11) is 0. The van der Waals surface area contributed by atoms with Gasteiger partial charge in [-0.3, -0.25) is 14.4 Å². The molecule has 5 atom stereocenters. The molecular formula is C24H30O6. The maximum absolute atomic E-state index is 13.0. The molecule has 0 unspecified atom stereocenters. The number of ketones is 2. The fraction of sp³-hybridized carbons (Fsp3) is 0.625.